The lowest BCUT2D eigenvalue weighted by molar-refractivity contribution is 0.0955. The first kappa shape index (κ1) is 18.9. The van der Waals surface area contributed by atoms with E-state index in [-0.39, 0.29) is 5.91 Å². The monoisotopic (exact) mass is 401 g/mol. The summed E-state index contributed by atoms with van der Waals surface area (Å²) < 4.78 is 1.64. The van der Waals surface area contributed by atoms with Gasteiger partial charge in [0.25, 0.3) is 5.91 Å². The Balaban J connectivity index is 1.72. The van der Waals surface area contributed by atoms with E-state index in [1.807, 2.05) is 31.2 Å². The van der Waals surface area contributed by atoms with Gasteiger partial charge in [-0.2, -0.15) is 10.2 Å². The number of carbonyl (C=O) groups excluding carboxylic acids is 1. The zero-order valence-electron chi connectivity index (χ0n) is 14.5. The van der Waals surface area contributed by atoms with Crippen molar-refractivity contribution in [2.75, 3.05) is 5.73 Å². The third-order valence-electron chi connectivity index (χ3n) is 3.92. The SMILES string of the molecule is Cc1nn(Cc2ccccc2Cl)c(Cl)c1/C=N\NC(=O)c1ccc(N)cc1. The van der Waals surface area contributed by atoms with Crippen LogP contribution in [0.3, 0.4) is 0 Å². The quantitative estimate of drug-likeness (QED) is 0.386. The number of halogens is 2. The molecule has 3 N–H and O–H groups in total. The number of rotatable bonds is 5. The fraction of sp³-hybridized carbons (Fsp3) is 0.105. The second-order valence-corrected chi connectivity index (χ2v) is 6.63. The van der Waals surface area contributed by atoms with Gasteiger partial charge in [-0.05, 0) is 42.8 Å². The summed E-state index contributed by atoms with van der Waals surface area (Å²) in [7, 11) is 0. The van der Waals surface area contributed by atoms with Crippen molar-refractivity contribution >= 4 is 41.0 Å². The van der Waals surface area contributed by atoms with E-state index in [2.05, 4.69) is 15.6 Å². The molecule has 3 rings (SSSR count). The molecule has 6 nitrogen and oxygen atoms in total. The molecule has 0 aliphatic rings. The minimum absolute atomic E-state index is 0.344. The summed E-state index contributed by atoms with van der Waals surface area (Å²) in [5.74, 6) is -0.344. The fourth-order valence-electron chi connectivity index (χ4n) is 2.46. The van der Waals surface area contributed by atoms with Crippen LogP contribution in [0, 0.1) is 6.92 Å². The zero-order valence-corrected chi connectivity index (χ0v) is 16.0. The summed E-state index contributed by atoms with van der Waals surface area (Å²) in [5, 5.41) is 9.46. The Kier molecular flexibility index (Phi) is 5.78. The van der Waals surface area contributed by atoms with Crippen LogP contribution in [0.4, 0.5) is 5.69 Å². The number of aromatic nitrogens is 2. The lowest BCUT2D eigenvalue weighted by Gasteiger charge is -2.05. The van der Waals surface area contributed by atoms with Crippen LogP contribution in [-0.4, -0.2) is 21.9 Å². The molecule has 1 aromatic heterocycles. The number of nitrogens with two attached hydrogens (primary N) is 1. The average Bonchev–Trinajstić information content (AvgIpc) is 2.91. The number of anilines is 1. The summed E-state index contributed by atoms with van der Waals surface area (Å²) >= 11 is 12.6. The lowest BCUT2D eigenvalue weighted by Crippen LogP contribution is -2.17. The molecule has 1 amide bonds. The maximum Gasteiger partial charge on any atom is 0.271 e. The molecular weight excluding hydrogens is 385 g/mol. The highest BCUT2D eigenvalue weighted by atomic mass is 35.5. The molecule has 138 valence electrons. The predicted molar refractivity (Wildman–Crippen MR) is 108 cm³/mol. The van der Waals surface area contributed by atoms with E-state index in [0.717, 1.165) is 5.56 Å². The Morgan fingerprint density at radius 3 is 2.63 bits per heavy atom. The van der Waals surface area contributed by atoms with E-state index in [1.165, 1.54) is 6.21 Å². The minimum Gasteiger partial charge on any atom is -0.399 e. The van der Waals surface area contributed by atoms with Crippen LogP contribution in [-0.2, 0) is 6.54 Å². The highest BCUT2D eigenvalue weighted by Crippen LogP contribution is 2.22. The first-order chi connectivity index (χ1) is 13.0. The molecule has 3 aromatic rings. The Hall–Kier alpha value is -2.83. The van der Waals surface area contributed by atoms with Gasteiger partial charge in [-0.15, -0.1) is 0 Å². The number of nitrogens with zero attached hydrogens (tertiary/aromatic N) is 3. The van der Waals surface area contributed by atoms with Crippen LogP contribution >= 0.6 is 23.2 Å². The topological polar surface area (TPSA) is 85.3 Å². The van der Waals surface area contributed by atoms with E-state index in [9.17, 15) is 4.79 Å². The van der Waals surface area contributed by atoms with Gasteiger partial charge >= 0.3 is 0 Å². The molecule has 27 heavy (non-hydrogen) atoms. The van der Waals surface area contributed by atoms with Crippen molar-refractivity contribution in [2.45, 2.75) is 13.5 Å². The molecule has 0 unspecified atom stereocenters. The van der Waals surface area contributed by atoms with E-state index >= 15 is 0 Å². The first-order valence-electron chi connectivity index (χ1n) is 8.11. The molecule has 8 heteroatoms. The van der Waals surface area contributed by atoms with Crippen LogP contribution in [0.1, 0.15) is 27.2 Å². The van der Waals surface area contributed by atoms with Crippen LogP contribution in [0.15, 0.2) is 53.6 Å². The lowest BCUT2D eigenvalue weighted by atomic mass is 10.2. The van der Waals surface area contributed by atoms with Gasteiger partial charge in [0.15, 0.2) is 0 Å². The van der Waals surface area contributed by atoms with E-state index < -0.39 is 0 Å². The van der Waals surface area contributed by atoms with Gasteiger partial charge in [-0.25, -0.2) is 10.1 Å². The zero-order chi connectivity index (χ0) is 19.4. The Morgan fingerprint density at radius 1 is 1.22 bits per heavy atom. The summed E-state index contributed by atoms with van der Waals surface area (Å²) in [5.41, 5.74) is 11.3. The van der Waals surface area contributed by atoms with Crippen molar-refractivity contribution in [1.82, 2.24) is 15.2 Å². The predicted octanol–water partition coefficient (Wildman–Crippen LogP) is 3.89. The van der Waals surface area contributed by atoms with E-state index in [4.69, 9.17) is 28.9 Å². The normalized spacial score (nSPS) is 11.1. The molecule has 1 heterocycles. The Morgan fingerprint density at radius 2 is 1.93 bits per heavy atom. The van der Waals surface area contributed by atoms with Crippen LogP contribution in [0.25, 0.3) is 0 Å². The number of hydrogen-bond acceptors (Lipinski definition) is 4. The third kappa shape index (κ3) is 4.48. The van der Waals surface area contributed by atoms with Crippen LogP contribution in [0.2, 0.25) is 10.2 Å². The molecule has 0 saturated carbocycles. The first-order valence-corrected chi connectivity index (χ1v) is 8.86. The van der Waals surface area contributed by atoms with Crippen molar-refractivity contribution in [3.05, 3.63) is 81.1 Å². The number of hydrogen-bond donors (Lipinski definition) is 2. The minimum atomic E-state index is -0.344. The van der Waals surface area contributed by atoms with E-state index in [1.54, 1.807) is 28.9 Å². The highest BCUT2D eigenvalue weighted by Gasteiger charge is 2.13. The molecule has 0 radical (unpaired) electrons. The van der Waals surface area contributed by atoms with Gasteiger partial charge in [-0.3, -0.25) is 4.79 Å². The van der Waals surface area contributed by atoms with E-state index in [0.29, 0.717) is 39.2 Å². The number of nitrogens with one attached hydrogen (secondary N) is 1. The van der Waals surface area contributed by atoms with Crippen LogP contribution < -0.4 is 11.2 Å². The Labute approximate surface area is 166 Å². The number of hydrazone groups is 1. The molecule has 2 aromatic carbocycles. The largest absolute Gasteiger partial charge is 0.399 e. The molecule has 0 aliphatic heterocycles. The molecular formula is C19H17Cl2N5O. The fourth-order valence-corrected chi connectivity index (χ4v) is 2.94. The maximum atomic E-state index is 12.1. The molecule has 0 atom stereocenters. The second kappa shape index (κ2) is 8.24. The number of carbonyl (C=O) groups is 1. The van der Waals surface area contributed by atoms with Crippen molar-refractivity contribution < 1.29 is 4.79 Å². The van der Waals surface area contributed by atoms with Crippen LogP contribution in [0.5, 0.6) is 0 Å². The molecule has 0 bridgehead atoms. The molecule has 0 fully saturated rings. The second-order valence-electron chi connectivity index (χ2n) is 5.86. The van der Waals surface area contributed by atoms with Gasteiger partial charge < -0.3 is 5.73 Å². The van der Waals surface area contributed by atoms with Gasteiger partial charge in [0.1, 0.15) is 5.15 Å². The number of aryl methyl sites for hydroxylation is 1. The average molecular weight is 402 g/mol. The summed E-state index contributed by atoms with van der Waals surface area (Å²) in [6.07, 6.45) is 1.48. The van der Waals surface area contributed by atoms with Gasteiger partial charge in [0.05, 0.1) is 24.0 Å². The standard InChI is InChI=1S/C19H17Cl2N5O/c1-12-16(10-23-24-19(27)13-6-8-15(22)9-7-13)18(21)26(25-12)11-14-4-2-3-5-17(14)20/h2-10H,11,22H2,1H3,(H,24,27)/b23-10-. The van der Waals surface area contributed by atoms with Crippen molar-refractivity contribution in [3.63, 3.8) is 0 Å². The molecule has 0 spiro atoms. The van der Waals surface area contributed by atoms with Gasteiger partial charge in [0.2, 0.25) is 0 Å². The smallest absolute Gasteiger partial charge is 0.271 e. The van der Waals surface area contributed by atoms with Gasteiger partial charge in [0, 0.05) is 16.3 Å². The Bertz CT molecular complexity index is 996. The van der Waals surface area contributed by atoms with Crippen molar-refractivity contribution in [2.24, 2.45) is 5.10 Å². The number of benzene rings is 2. The highest BCUT2D eigenvalue weighted by molar-refractivity contribution is 6.32. The summed E-state index contributed by atoms with van der Waals surface area (Å²) in [6, 6.07) is 14.0. The van der Waals surface area contributed by atoms with Crippen molar-refractivity contribution in [3.8, 4) is 0 Å². The van der Waals surface area contributed by atoms with Crippen molar-refractivity contribution in [1.29, 1.82) is 0 Å². The molecule has 0 saturated heterocycles. The third-order valence-corrected chi connectivity index (χ3v) is 4.69. The summed E-state index contributed by atoms with van der Waals surface area (Å²) in [4.78, 5) is 12.1. The number of nitrogen functional groups attached to an aromatic ring is 1. The maximum absolute atomic E-state index is 12.1. The molecule has 0 aliphatic carbocycles. The van der Waals surface area contributed by atoms with Gasteiger partial charge in [-0.1, -0.05) is 41.4 Å². The summed E-state index contributed by atoms with van der Waals surface area (Å²) in [6.45, 7) is 2.25. The number of amides is 1.